The van der Waals surface area contributed by atoms with Gasteiger partial charge in [0.1, 0.15) is 0 Å². The number of aromatic nitrogens is 1. The van der Waals surface area contributed by atoms with Gasteiger partial charge in [-0.2, -0.15) is 0 Å². The number of fused-ring (bicyclic) bond motifs is 1. The van der Waals surface area contributed by atoms with Gasteiger partial charge in [0, 0.05) is 16.6 Å². The number of thiocarbonyl (C=S) groups is 1. The van der Waals surface area contributed by atoms with Gasteiger partial charge >= 0.3 is 0 Å². The molecule has 0 spiro atoms. The average Bonchev–Trinajstić information content (AvgIpc) is 2.95. The first-order chi connectivity index (χ1) is 11.6. The quantitative estimate of drug-likeness (QED) is 0.798. The molecule has 0 fully saturated rings. The van der Waals surface area contributed by atoms with Gasteiger partial charge in [-0.05, 0) is 49.5 Å². The Morgan fingerprint density at radius 2 is 2.04 bits per heavy atom. The minimum absolute atomic E-state index is 0.515. The summed E-state index contributed by atoms with van der Waals surface area (Å²) in [7, 11) is 3.22. The molecule has 0 aliphatic heterocycles. The van der Waals surface area contributed by atoms with Crippen LogP contribution in [0, 0.1) is 5.92 Å². The van der Waals surface area contributed by atoms with Crippen molar-refractivity contribution in [3.05, 3.63) is 28.8 Å². The fraction of sp³-hybridized carbons (Fsp3) is 0.412. The maximum absolute atomic E-state index is 5.39. The van der Waals surface area contributed by atoms with Crippen LogP contribution in [0.2, 0.25) is 0 Å². The molecular weight excluding hydrogens is 342 g/mol. The van der Waals surface area contributed by atoms with Crippen molar-refractivity contribution in [2.75, 3.05) is 24.9 Å². The molecule has 1 aliphatic carbocycles. The molecule has 0 saturated carbocycles. The first-order valence-electron chi connectivity index (χ1n) is 7.87. The fourth-order valence-corrected chi connectivity index (χ4v) is 4.22. The van der Waals surface area contributed by atoms with Gasteiger partial charge in [0.05, 0.1) is 19.9 Å². The Hall–Kier alpha value is -1.86. The highest BCUT2D eigenvalue weighted by molar-refractivity contribution is 7.80. The third-order valence-electron chi connectivity index (χ3n) is 4.05. The van der Waals surface area contributed by atoms with E-state index in [2.05, 4.69) is 22.5 Å². The lowest BCUT2D eigenvalue weighted by Crippen LogP contribution is -2.19. The van der Waals surface area contributed by atoms with E-state index in [0.29, 0.717) is 16.6 Å². The minimum Gasteiger partial charge on any atom is -0.493 e. The zero-order valence-corrected chi connectivity index (χ0v) is 15.6. The monoisotopic (exact) mass is 363 g/mol. The van der Waals surface area contributed by atoms with Crippen LogP contribution in [-0.4, -0.2) is 24.3 Å². The molecule has 2 aromatic rings. The number of thiazole rings is 1. The Labute approximate surface area is 151 Å². The summed E-state index contributed by atoms with van der Waals surface area (Å²) in [6.07, 6.45) is 3.39. The number of nitrogens with zero attached hydrogens (tertiary/aromatic N) is 1. The van der Waals surface area contributed by atoms with E-state index in [1.54, 1.807) is 25.6 Å². The molecule has 1 aromatic carbocycles. The zero-order chi connectivity index (χ0) is 17.1. The van der Waals surface area contributed by atoms with E-state index in [1.165, 1.54) is 17.0 Å². The van der Waals surface area contributed by atoms with Crippen molar-refractivity contribution in [3.8, 4) is 11.5 Å². The predicted molar refractivity (Wildman–Crippen MR) is 103 cm³/mol. The number of aryl methyl sites for hydroxylation is 1. The summed E-state index contributed by atoms with van der Waals surface area (Å²) in [6.45, 7) is 2.29. The molecule has 24 heavy (non-hydrogen) atoms. The second kappa shape index (κ2) is 7.36. The third-order valence-corrected chi connectivity index (χ3v) is 5.29. The van der Waals surface area contributed by atoms with Crippen molar-refractivity contribution in [1.82, 2.24) is 4.98 Å². The van der Waals surface area contributed by atoms with E-state index >= 15 is 0 Å². The van der Waals surface area contributed by atoms with Crippen LogP contribution >= 0.6 is 23.6 Å². The molecule has 0 bridgehead atoms. The van der Waals surface area contributed by atoms with Crippen LogP contribution in [0.4, 0.5) is 10.8 Å². The number of ether oxygens (including phenoxy) is 2. The van der Waals surface area contributed by atoms with Gasteiger partial charge in [-0.15, -0.1) is 11.3 Å². The van der Waals surface area contributed by atoms with E-state index in [4.69, 9.17) is 21.7 Å². The standard InChI is InChI=1S/C17H21N3O2S2/c1-10-4-6-12-15(8-10)24-17(19-12)20-16(23)18-11-5-7-13(21-2)14(9-11)22-3/h5,7,9-10H,4,6,8H2,1-3H3,(H2,18,19,20,23). The van der Waals surface area contributed by atoms with Crippen LogP contribution in [0.25, 0.3) is 0 Å². The van der Waals surface area contributed by atoms with Crippen LogP contribution in [-0.2, 0) is 12.8 Å². The third kappa shape index (κ3) is 3.79. The zero-order valence-electron chi connectivity index (χ0n) is 14.0. The molecule has 0 amide bonds. The molecule has 3 rings (SSSR count). The lowest BCUT2D eigenvalue weighted by molar-refractivity contribution is 0.355. The van der Waals surface area contributed by atoms with E-state index < -0.39 is 0 Å². The lowest BCUT2D eigenvalue weighted by Gasteiger charge is -2.15. The number of nitrogens with one attached hydrogen (secondary N) is 2. The molecule has 128 valence electrons. The predicted octanol–water partition coefficient (Wildman–Crippen LogP) is 4.09. The summed E-state index contributed by atoms with van der Waals surface area (Å²) in [4.78, 5) is 6.04. The molecule has 0 radical (unpaired) electrons. The van der Waals surface area contributed by atoms with Gasteiger partial charge in [-0.25, -0.2) is 4.98 Å². The van der Waals surface area contributed by atoms with Gasteiger partial charge in [0.15, 0.2) is 21.7 Å². The van der Waals surface area contributed by atoms with Crippen molar-refractivity contribution >= 4 is 39.5 Å². The molecular formula is C17H21N3O2S2. The molecule has 1 heterocycles. The average molecular weight is 364 g/mol. The van der Waals surface area contributed by atoms with Crippen LogP contribution < -0.4 is 20.1 Å². The number of hydrogen-bond acceptors (Lipinski definition) is 5. The fourth-order valence-electron chi connectivity index (χ4n) is 2.77. The number of hydrogen-bond donors (Lipinski definition) is 2. The van der Waals surface area contributed by atoms with Crippen LogP contribution in [0.3, 0.4) is 0 Å². The summed E-state index contributed by atoms with van der Waals surface area (Å²) >= 11 is 7.09. The minimum atomic E-state index is 0.515. The molecule has 1 atom stereocenters. The Morgan fingerprint density at radius 3 is 2.79 bits per heavy atom. The number of methoxy groups -OCH3 is 2. The Kier molecular flexibility index (Phi) is 5.20. The smallest absolute Gasteiger partial charge is 0.189 e. The molecule has 0 saturated heterocycles. The van der Waals surface area contributed by atoms with Crippen molar-refractivity contribution < 1.29 is 9.47 Å². The molecule has 1 aliphatic rings. The molecule has 7 heteroatoms. The molecule has 5 nitrogen and oxygen atoms in total. The SMILES string of the molecule is COc1ccc(NC(=S)Nc2nc3c(s2)CC(C)CC3)cc1OC. The summed E-state index contributed by atoms with van der Waals surface area (Å²) in [5.74, 6) is 2.08. The highest BCUT2D eigenvalue weighted by Crippen LogP contribution is 2.32. The highest BCUT2D eigenvalue weighted by Gasteiger charge is 2.20. The first-order valence-corrected chi connectivity index (χ1v) is 9.10. The Bertz CT molecular complexity index is 745. The number of benzene rings is 1. The van der Waals surface area contributed by atoms with Gasteiger partial charge in [0.2, 0.25) is 0 Å². The van der Waals surface area contributed by atoms with E-state index in [-0.39, 0.29) is 0 Å². The topological polar surface area (TPSA) is 55.4 Å². The molecule has 2 N–H and O–H groups in total. The normalized spacial score (nSPS) is 16.2. The first kappa shape index (κ1) is 17.0. The van der Waals surface area contributed by atoms with Crippen molar-refractivity contribution in [2.45, 2.75) is 26.2 Å². The van der Waals surface area contributed by atoms with Crippen molar-refractivity contribution in [2.24, 2.45) is 5.92 Å². The summed E-state index contributed by atoms with van der Waals surface area (Å²) in [5.41, 5.74) is 2.05. The largest absolute Gasteiger partial charge is 0.493 e. The summed E-state index contributed by atoms with van der Waals surface area (Å²) in [6, 6.07) is 5.58. The summed E-state index contributed by atoms with van der Waals surface area (Å²) in [5, 5.41) is 7.71. The van der Waals surface area contributed by atoms with E-state index in [0.717, 1.165) is 29.6 Å². The second-order valence-electron chi connectivity index (χ2n) is 5.89. The van der Waals surface area contributed by atoms with Crippen LogP contribution in [0.15, 0.2) is 18.2 Å². The van der Waals surface area contributed by atoms with Gasteiger partial charge in [-0.1, -0.05) is 6.92 Å². The number of anilines is 2. The Balaban J connectivity index is 1.66. The van der Waals surface area contributed by atoms with Gasteiger partial charge in [-0.3, -0.25) is 0 Å². The van der Waals surface area contributed by atoms with Gasteiger partial charge in [0.25, 0.3) is 0 Å². The van der Waals surface area contributed by atoms with Gasteiger partial charge < -0.3 is 20.1 Å². The van der Waals surface area contributed by atoms with Crippen molar-refractivity contribution in [1.29, 1.82) is 0 Å². The highest BCUT2D eigenvalue weighted by atomic mass is 32.1. The maximum Gasteiger partial charge on any atom is 0.189 e. The summed E-state index contributed by atoms with van der Waals surface area (Å²) < 4.78 is 10.5. The van der Waals surface area contributed by atoms with Crippen LogP contribution in [0.1, 0.15) is 23.9 Å². The lowest BCUT2D eigenvalue weighted by atomic mass is 9.93. The number of rotatable bonds is 4. The van der Waals surface area contributed by atoms with E-state index in [9.17, 15) is 0 Å². The Morgan fingerprint density at radius 1 is 1.25 bits per heavy atom. The van der Waals surface area contributed by atoms with E-state index in [1.807, 2.05) is 18.2 Å². The molecule has 1 unspecified atom stereocenters. The van der Waals surface area contributed by atoms with Crippen LogP contribution in [0.5, 0.6) is 11.5 Å². The maximum atomic E-state index is 5.39. The van der Waals surface area contributed by atoms with Crippen molar-refractivity contribution in [3.63, 3.8) is 0 Å². The second-order valence-corrected chi connectivity index (χ2v) is 7.38. The molecule has 1 aromatic heterocycles.